The van der Waals surface area contributed by atoms with Gasteiger partial charge in [0, 0.05) is 0 Å². The monoisotopic (exact) mass is 207 g/mol. The molecule has 0 aromatic heterocycles. The van der Waals surface area contributed by atoms with E-state index >= 15 is 0 Å². The largest absolute Gasteiger partial charge is 0.465 e. The lowest BCUT2D eigenvalue weighted by Gasteiger charge is -2.13. The van der Waals surface area contributed by atoms with Crippen molar-refractivity contribution >= 4 is 5.97 Å². The van der Waals surface area contributed by atoms with Crippen molar-refractivity contribution in [1.29, 1.82) is 0 Å². The van der Waals surface area contributed by atoms with Crippen molar-refractivity contribution in [2.45, 2.75) is 26.8 Å². The van der Waals surface area contributed by atoms with E-state index in [0.29, 0.717) is 6.61 Å². The van der Waals surface area contributed by atoms with Crippen LogP contribution in [0.4, 0.5) is 0 Å². The molecule has 0 saturated heterocycles. The second-order valence-electron chi connectivity index (χ2n) is 3.59. The maximum atomic E-state index is 11.4. The molecule has 0 heterocycles. The Morgan fingerprint density at radius 3 is 2.67 bits per heavy atom. The average Bonchev–Trinajstić information content (AvgIpc) is 2.17. The standard InChI is InChI=1S/C12H17NO2/c1-4-15-12(14)11(13)10-6-5-8(2)7-9(10)3/h5-7,11H,4,13H2,1-3H3. The highest BCUT2D eigenvalue weighted by atomic mass is 16.5. The number of benzene rings is 1. The minimum absolute atomic E-state index is 0.359. The lowest BCUT2D eigenvalue weighted by Crippen LogP contribution is -2.24. The van der Waals surface area contributed by atoms with E-state index in [1.54, 1.807) is 6.92 Å². The first kappa shape index (κ1) is 11.7. The van der Waals surface area contributed by atoms with Crippen LogP contribution < -0.4 is 5.73 Å². The quantitative estimate of drug-likeness (QED) is 0.770. The van der Waals surface area contributed by atoms with Crippen molar-refractivity contribution < 1.29 is 9.53 Å². The van der Waals surface area contributed by atoms with Gasteiger partial charge in [0.1, 0.15) is 6.04 Å². The molecule has 0 fully saturated rings. The fourth-order valence-corrected chi connectivity index (χ4v) is 1.53. The summed E-state index contributed by atoms with van der Waals surface area (Å²) >= 11 is 0. The fraction of sp³-hybridized carbons (Fsp3) is 0.417. The molecule has 1 aromatic carbocycles. The Balaban J connectivity index is 2.91. The minimum atomic E-state index is -0.675. The van der Waals surface area contributed by atoms with E-state index in [0.717, 1.165) is 16.7 Å². The molecule has 0 saturated carbocycles. The van der Waals surface area contributed by atoms with Crippen LogP contribution in [0.1, 0.15) is 29.7 Å². The average molecular weight is 207 g/mol. The van der Waals surface area contributed by atoms with Gasteiger partial charge in [0.15, 0.2) is 0 Å². The summed E-state index contributed by atoms with van der Waals surface area (Å²) in [6.07, 6.45) is 0. The topological polar surface area (TPSA) is 52.3 Å². The van der Waals surface area contributed by atoms with Crippen molar-refractivity contribution in [3.05, 3.63) is 34.9 Å². The first-order chi connectivity index (χ1) is 7.06. The Kier molecular flexibility index (Phi) is 3.86. The summed E-state index contributed by atoms with van der Waals surface area (Å²) in [6, 6.07) is 5.16. The van der Waals surface area contributed by atoms with Gasteiger partial charge < -0.3 is 10.5 Å². The highest BCUT2D eigenvalue weighted by molar-refractivity contribution is 5.77. The number of rotatable bonds is 3. The van der Waals surface area contributed by atoms with Crippen LogP contribution in [0, 0.1) is 13.8 Å². The molecule has 0 aliphatic carbocycles. The maximum absolute atomic E-state index is 11.4. The van der Waals surface area contributed by atoms with E-state index in [-0.39, 0.29) is 5.97 Å². The Hall–Kier alpha value is -1.35. The van der Waals surface area contributed by atoms with Crippen LogP contribution in [0.15, 0.2) is 18.2 Å². The van der Waals surface area contributed by atoms with Gasteiger partial charge in [-0.25, -0.2) is 4.79 Å². The summed E-state index contributed by atoms with van der Waals surface area (Å²) in [4.78, 5) is 11.4. The third kappa shape index (κ3) is 2.80. The van der Waals surface area contributed by atoms with Crippen molar-refractivity contribution in [3.63, 3.8) is 0 Å². The van der Waals surface area contributed by atoms with Crippen LogP contribution in [-0.2, 0) is 9.53 Å². The SMILES string of the molecule is CCOC(=O)C(N)c1ccc(C)cc1C. The lowest BCUT2D eigenvalue weighted by molar-refractivity contribution is -0.144. The summed E-state index contributed by atoms with van der Waals surface area (Å²) in [6.45, 7) is 6.08. The van der Waals surface area contributed by atoms with Gasteiger partial charge in [0.05, 0.1) is 6.61 Å². The second-order valence-corrected chi connectivity index (χ2v) is 3.59. The molecule has 0 amide bonds. The van der Waals surface area contributed by atoms with Gasteiger partial charge in [0.25, 0.3) is 0 Å². The number of hydrogen-bond donors (Lipinski definition) is 1. The molecular formula is C12H17NO2. The number of aryl methyl sites for hydroxylation is 2. The van der Waals surface area contributed by atoms with Gasteiger partial charge in [-0.05, 0) is 31.9 Å². The summed E-state index contributed by atoms with van der Waals surface area (Å²) in [5, 5.41) is 0. The minimum Gasteiger partial charge on any atom is -0.465 e. The van der Waals surface area contributed by atoms with E-state index in [2.05, 4.69) is 0 Å². The molecule has 1 rings (SSSR count). The molecule has 1 atom stereocenters. The molecule has 3 nitrogen and oxygen atoms in total. The molecule has 2 N–H and O–H groups in total. The van der Waals surface area contributed by atoms with Crippen molar-refractivity contribution in [2.24, 2.45) is 5.73 Å². The predicted molar refractivity (Wildman–Crippen MR) is 59.5 cm³/mol. The van der Waals surface area contributed by atoms with Gasteiger partial charge in [-0.15, -0.1) is 0 Å². The molecule has 0 bridgehead atoms. The number of hydrogen-bond acceptors (Lipinski definition) is 3. The Morgan fingerprint density at radius 2 is 2.13 bits per heavy atom. The van der Waals surface area contributed by atoms with Crippen molar-refractivity contribution in [1.82, 2.24) is 0 Å². The van der Waals surface area contributed by atoms with Crippen LogP contribution in [-0.4, -0.2) is 12.6 Å². The molecule has 3 heteroatoms. The van der Waals surface area contributed by atoms with Crippen LogP contribution in [0.2, 0.25) is 0 Å². The van der Waals surface area contributed by atoms with Gasteiger partial charge in [-0.2, -0.15) is 0 Å². The number of ether oxygens (including phenoxy) is 1. The molecular weight excluding hydrogens is 190 g/mol. The first-order valence-electron chi connectivity index (χ1n) is 5.05. The van der Waals surface area contributed by atoms with Crippen LogP contribution >= 0.6 is 0 Å². The predicted octanol–water partition coefficient (Wildman–Crippen LogP) is 1.87. The molecule has 0 spiro atoms. The van der Waals surface area contributed by atoms with Gasteiger partial charge in [-0.3, -0.25) is 0 Å². The zero-order chi connectivity index (χ0) is 11.4. The molecule has 82 valence electrons. The van der Waals surface area contributed by atoms with E-state index in [1.165, 1.54) is 0 Å². The summed E-state index contributed by atoms with van der Waals surface area (Å²) in [5.41, 5.74) is 8.82. The lowest BCUT2D eigenvalue weighted by atomic mass is 10.00. The zero-order valence-electron chi connectivity index (χ0n) is 9.41. The molecule has 15 heavy (non-hydrogen) atoms. The summed E-state index contributed by atoms with van der Waals surface area (Å²) < 4.78 is 4.88. The second kappa shape index (κ2) is 4.94. The van der Waals surface area contributed by atoms with Crippen LogP contribution in [0.5, 0.6) is 0 Å². The number of nitrogens with two attached hydrogens (primary N) is 1. The molecule has 0 radical (unpaired) electrons. The van der Waals surface area contributed by atoms with Gasteiger partial charge >= 0.3 is 5.97 Å². The summed E-state index contributed by atoms with van der Waals surface area (Å²) in [7, 11) is 0. The molecule has 0 aliphatic rings. The van der Waals surface area contributed by atoms with Crippen molar-refractivity contribution in [3.8, 4) is 0 Å². The number of esters is 1. The number of carbonyl (C=O) groups excluding carboxylic acids is 1. The molecule has 1 unspecified atom stereocenters. The Bertz CT molecular complexity index is 361. The fourth-order valence-electron chi connectivity index (χ4n) is 1.53. The molecule has 1 aromatic rings. The third-order valence-corrected chi connectivity index (χ3v) is 2.30. The van der Waals surface area contributed by atoms with Crippen molar-refractivity contribution in [2.75, 3.05) is 6.61 Å². The van der Waals surface area contributed by atoms with E-state index in [1.807, 2.05) is 32.0 Å². The van der Waals surface area contributed by atoms with Gasteiger partial charge in [0.2, 0.25) is 0 Å². The maximum Gasteiger partial charge on any atom is 0.327 e. The molecule has 0 aliphatic heterocycles. The van der Waals surface area contributed by atoms with E-state index in [4.69, 9.17) is 10.5 Å². The van der Waals surface area contributed by atoms with Crippen LogP contribution in [0.25, 0.3) is 0 Å². The highest BCUT2D eigenvalue weighted by Crippen LogP contribution is 2.18. The summed E-state index contributed by atoms with van der Waals surface area (Å²) in [5.74, 6) is -0.371. The van der Waals surface area contributed by atoms with Crippen LogP contribution in [0.3, 0.4) is 0 Å². The highest BCUT2D eigenvalue weighted by Gasteiger charge is 2.18. The van der Waals surface area contributed by atoms with E-state index in [9.17, 15) is 4.79 Å². The smallest absolute Gasteiger partial charge is 0.327 e. The Morgan fingerprint density at radius 1 is 1.47 bits per heavy atom. The first-order valence-corrected chi connectivity index (χ1v) is 5.05. The zero-order valence-corrected chi connectivity index (χ0v) is 9.41. The van der Waals surface area contributed by atoms with Gasteiger partial charge in [-0.1, -0.05) is 23.8 Å². The van der Waals surface area contributed by atoms with E-state index < -0.39 is 6.04 Å². The Labute approximate surface area is 90.2 Å². The number of carbonyl (C=O) groups is 1. The third-order valence-electron chi connectivity index (χ3n) is 2.30. The normalized spacial score (nSPS) is 12.3.